The number of nitrogens with zero attached hydrogens (tertiary/aromatic N) is 2. The van der Waals surface area contributed by atoms with E-state index < -0.39 is 5.97 Å². The highest BCUT2D eigenvalue weighted by Gasteiger charge is 2.33. The summed E-state index contributed by atoms with van der Waals surface area (Å²) in [4.78, 5) is 37.0. The summed E-state index contributed by atoms with van der Waals surface area (Å²) in [7, 11) is 0. The van der Waals surface area contributed by atoms with E-state index >= 15 is 0 Å². The smallest absolute Gasteiger partial charge is 0.371 e. The van der Waals surface area contributed by atoms with Crippen LogP contribution in [0.5, 0.6) is 0 Å². The molecule has 0 bridgehead atoms. The average Bonchev–Trinajstić information content (AvgIpc) is 3.34. The van der Waals surface area contributed by atoms with Crippen LogP contribution in [0.25, 0.3) is 17.0 Å². The van der Waals surface area contributed by atoms with Crippen molar-refractivity contribution in [2.75, 3.05) is 6.54 Å². The number of likely N-dealkylation sites (N-methyl/N-ethyl adjacent to an activating group) is 1. The first-order chi connectivity index (χ1) is 13.5. The van der Waals surface area contributed by atoms with E-state index in [1.165, 1.54) is 11.0 Å². The molecule has 7 nitrogen and oxygen atoms in total. The van der Waals surface area contributed by atoms with E-state index in [4.69, 9.17) is 9.52 Å². The van der Waals surface area contributed by atoms with Crippen molar-refractivity contribution in [3.05, 3.63) is 64.6 Å². The first-order valence-corrected chi connectivity index (χ1v) is 9.45. The standard InChI is InChI=1S/C20H16N2O5S/c1-2-22-18(23)17(28-20(22)26)9-12-10-21(15-6-4-3-5-14(12)15)11-13-7-8-16(27-13)19(24)25/h3-10H,2,11H2,1H3,(H,24,25)/b17-9-. The Balaban J connectivity index is 1.73. The number of benzene rings is 1. The number of rotatable bonds is 5. The number of hydrogen-bond donors (Lipinski definition) is 1. The first-order valence-electron chi connectivity index (χ1n) is 8.63. The van der Waals surface area contributed by atoms with E-state index in [9.17, 15) is 14.4 Å². The zero-order chi connectivity index (χ0) is 19.8. The van der Waals surface area contributed by atoms with Crippen molar-refractivity contribution >= 4 is 45.9 Å². The molecule has 1 fully saturated rings. The van der Waals surface area contributed by atoms with Crippen LogP contribution < -0.4 is 0 Å². The predicted octanol–water partition coefficient (Wildman–Crippen LogP) is 4.04. The molecule has 1 N–H and O–H groups in total. The molecule has 8 heteroatoms. The van der Waals surface area contributed by atoms with Crippen LogP contribution in [0.3, 0.4) is 0 Å². The fraction of sp³-hybridized carbons (Fsp3) is 0.150. The molecule has 3 aromatic rings. The van der Waals surface area contributed by atoms with E-state index in [0.717, 1.165) is 28.2 Å². The maximum Gasteiger partial charge on any atom is 0.371 e. The maximum absolute atomic E-state index is 12.4. The van der Waals surface area contributed by atoms with Crippen LogP contribution in [0.4, 0.5) is 4.79 Å². The number of imide groups is 1. The van der Waals surface area contributed by atoms with Gasteiger partial charge in [-0.25, -0.2) is 4.79 Å². The molecule has 0 radical (unpaired) electrons. The Hall–Kier alpha value is -3.26. The Labute approximate surface area is 164 Å². The Morgan fingerprint density at radius 2 is 2.00 bits per heavy atom. The Kier molecular flexibility index (Phi) is 4.56. The van der Waals surface area contributed by atoms with Gasteiger partial charge in [0.2, 0.25) is 5.76 Å². The minimum Gasteiger partial charge on any atom is -0.475 e. The summed E-state index contributed by atoms with van der Waals surface area (Å²) >= 11 is 0.935. The second-order valence-corrected chi connectivity index (χ2v) is 7.22. The number of carboxylic acids is 1. The molecule has 0 spiro atoms. The third-order valence-electron chi connectivity index (χ3n) is 4.49. The summed E-state index contributed by atoms with van der Waals surface area (Å²) < 4.78 is 7.28. The molecule has 0 saturated carbocycles. The molecule has 0 unspecified atom stereocenters. The largest absolute Gasteiger partial charge is 0.475 e. The molecule has 1 aromatic carbocycles. The molecule has 0 atom stereocenters. The molecular formula is C20H16N2O5S. The minimum atomic E-state index is -1.11. The molecule has 4 rings (SSSR count). The van der Waals surface area contributed by atoms with Gasteiger partial charge in [-0.2, -0.15) is 0 Å². The highest BCUT2D eigenvalue weighted by molar-refractivity contribution is 8.18. The summed E-state index contributed by atoms with van der Waals surface area (Å²) in [5.74, 6) is -1.00. The maximum atomic E-state index is 12.4. The van der Waals surface area contributed by atoms with Crippen LogP contribution >= 0.6 is 11.8 Å². The molecule has 142 valence electrons. The lowest BCUT2D eigenvalue weighted by molar-refractivity contribution is -0.122. The number of aromatic nitrogens is 1. The SMILES string of the molecule is CCN1C(=O)S/C(=C\c2cn(Cc3ccc(C(=O)O)o3)c3ccccc23)C1=O. The molecule has 2 aromatic heterocycles. The van der Waals surface area contributed by atoms with Crippen LogP contribution in [0, 0.1) is 0 Å². The quantitative estimate of drug-likeness (QED) is 0.655. The molecule has 1 aliphatic rings. The van der Waals surface area contributed by atoms with Gasteiger partial charge < -0.3 is 14.1 Å². The lowest BCUT2D eigenvalue weighted by Gasteiger charge is -2.06. The first kappa shape index (κ1) is 18.1. The number of carbonyl (C=O) groups excluding carboxylic acids is 2. The second-order valence-electron chi connectivity index (χ2n) is 6.23. The lowest BCUT2D eigenvalue weighted by atomic mass is 10.1. The summed E-state index contributed by atoms with van der Waals surface area (Å²) in [6.07, 6.45) is 3.59. The number of para-hydroxylation sites is 1. The Morgan fingerprint density at radius 1 is 1.21 bits per heavy atom. The van der Waals surface area contributed by atoms with Gasteiger partial charge in [0, 0.05) is 29.2 Å². The van der Waals surface area contributed by atoms with Gasteiger partial charge in [-0.3, -0.25) is 14.5 Å². The summed E-state index contributed by atoms with van der Waals surface area (Å²) in [6.45, 7) is 2.45. The van der Waals surface area contributed by atoms with E-state index in [-0.39, 0.29) is 16.9 Å². The zero-order valence-electron chi connectivity index (χ0n) is 14.9. The summed E-state index contributed by atoms with van der Waals surface area (Å²) in [5, 5.41) is 9.68. The van der Waals surface area contributed by atoms with E-state index in [1.807, 2.05) is 35.0 Å². The van der Waals surface area contributed by atoms with Gasteiger partial charge >= 0.3 is 5.97 Å². The fourth-order valence-electron chi connectivity index (χ4n) is 3.18. The highest BCUT2D eigenvalue weighted by Crippen LogP contribution is 2.34. The number of aromatic carboxylic acids is 1. The van der Waals surface area contributed by atoms with Gasteiger partial charge in [-0.1, -0.05) is 18.2 Å². The summed E-state index contributed by atoms with van der Waals surface area (Å²) in [6, 6.07) is 10.7. The number of furan rings is 1. The second kappa shape index (κ2) is 7.05. The van der Waals surface area contributed by atoms with Gasteiger partial charge in [-0.05, 0) is 43.0 Å². The highest BCUT2D eigenvalue weighted by atomic mass is 32.2. The predicted molar refractivity (Wildman–Crippen MR) is 105 cm³/mol. The van der Waals surface area contributed by atoms with Crippen LogP contribution in [0.1, 0.15) is 28.8 Å². The van der Waals surface area contributed by atoms with Crippen molar-refractivity contribution < 1.29 is 23.9 Å². The van der Waals surface area contributed by atoms with Crippen LogP contribution in [-0.2, 0) is 11.3 Å². The zero-order valence-corrected chi connectivity index (χ0v) is 15.7. The topological polar surface area (TPSA) is 92.8 Å². The molecule has 3 heterocycles. The van der Waals surface area contributed by atoms with Crippen molar-refractivity contribution in [3.8, 4) is 0 Å². The van der Waals surface area contributed by atoms with Crippen molar-refractivity contribution in [3.63, 3.8) is 0 Å². The van der Waals surface area contributed by atoms with Gasteiger partial charge in [0.15, 0.2) is 0 Å². The Morgan fingerprint density at radius 3 is 2.68 bits per heavy atom. The molecule has 28 heavy (non-hydrogen) atoms. The normalized spacial score (nSPS) is 15.9. The number of amides is 2. The molecule has 0 aliphatic carbocycles. The van der Waals surface area contributed by atoms with E-state index in [2.05, 4.69) is 0 Å². The number of hydrogen-bond acceptors (Lipinski definition) is 5. The van der Waals surface area contributed by atoms with Crippen LogP contribution in [0.2, 0.25) is 0 Å². The average molecular weight is 396 g/mol. The van der Waals surface area contributed by atoms with Crippen LogP contribution in [-0.4, -0.2) is 38.2 Å². The molecule has 1 saturated heterocycles. The third-order valence-corrected chi connectivity index (χ3v) is 5.40. The van der Waals surface area contributed by atoms with Gasteiger partial charge in [0.25, 0.3) is 11.1 Å². The minimum absolute atomic E-state index is 0.111. The monoisotopic (exact) mass is 396 g/mol. The number of carboxylic acid groups (broad SMARTS) is 1. The van der Waals surface area contributed by atoms with Crippen molar-refractivity contribution in [1.29, 1.82) is 0 Å². The summed E-state index contributed by atoms with van der Waals surface area (Å²) in [5.41, 5.74) is 1.72. The van der Waals surface area contributed by atoms with Crippen molar-refractivity contribution in [2.24, 2.45) is 0 Å². The van der Waals surface area contributed by atoms with Gasteiger partial charge in [-0.15, -0.1) is 0 Å². The van der Waals surface area contributed by atoms with Crippen molar-refractivity contribution in [1.82, 2.24) is 9.47 Å². The van der Waals surface area contributed by atoms with Crippen molar-refractivity contribution in [2.45, 2.75) is 13.5 Å². The van der Waals surface area contributed by atoms with Crippen LogP contribution in [0.15, 0.2) is 51.9 Å². The van der Waals surface area contributed by atoms with E-state index in [0.29, 0.717) is 23.8 Å². The van der Waals surface area contributed by atoms with Gasteiger partial charge in [0.05, 0.1) is 11.4 Å². The molecule has 1 aliphatic heterocycles. The number of fused-ring (bicyclic) bond motifs is 1. The molecule has 2 amide bonds. The molecular weight excluding hydrogens is 380 g/mol. The Bertz CT molecular complexity index is 1140. The number of thioether (sulfide) groups is 1. The lowest BCUT2D eigenvalue weighted by Crippen LogP contribution is -2.27. The number of carbonyl (C=O) groups is 3. The van der Waals surface area contributed by atoms with Gasteiger partial charge in [0.1, 0.15) is 5.76 Å². The van der Waals surface area contributed by atoms with E-state index in [1.54, 1.807) is 19.1 Å². The third kappa shape index (κ3) is 3.11. The fourth-order valence-corrected chi connectivity index (χ4v) is 4.07.